The molecule has 0 bridgehead atoms. The minimum absolute atomic E-state index is 0.692. The van der Waals surface area contributed by atoms with Gasteiger partial charge >= 0.3 is 0 Å². The van der Waals surface area contributed by atoms with Gasteiger partial charge in [-0.3, -0.25) is 0 Å². The van der Waals surface area contributed by atoms with Gasteiger partial charge < -0.3 is 9.13 Å². The van der Waals surface area contributed by atoms with Gasteiger partial charge in [-0.2, -0.15) is 0 Å². The van der Waals surface area contributed by atoms with Gasteiger partial charge in [0.1, 0.15) is 0 Å². The molecule has 3 heterocycles. The fraction of sp³-hybridized carbons (Fsp3) is 0. The fourth-order valence-electron chi connectivity index (χ4n) is 10.0. The molecule has 0 radical (unpaired) electrons. The van der Waals surface area contributed by atoms with Gasteiger partial charge in [0.05, 0.1) is 33.5 Å². The van der Waals surface area contributed by atoms with Crippen molar-refractivity contribution in [3.8, 4) is 78.7 Å². The molecule has 0 N–H and O–H groups in total. The van der Waals surface area contributed by atoms with Gasteiger partial charge in [-0.25, -0.2) is 9.97 Å². The summed E-state index contributed by atoms with van der Waals surface area (Å²) in [6.45, 7) is 0. The molecule has 10 aromatic carbocycles. The first-order valence-corrected chi connectivity index (χ1v) is 23.1. The molecule has 0 spiro atoms. The third-order valence-electron chi connectivity index (χ3n) is 13.3. The molecule has 0 saturated carbocycles. The average Bonchev–Trinajstić information content (AvgIpc) is 3.94. The van der Waals surface area contributed by atoms with Crippen LogP contribution in [0.5, 0.6) is 0 Å². The second-order valence-electron chi connectivity index (χ2n) is 17.4. The van der Waals surface area contributed by atoms with Gasteiger partial charge in [0.25, 0.3) is 0 Å². The molecule has 0 unspecified atom stereocenters. The Morgan fingerprint density at radius 2 is 0.603 bits per heavy atom. The van der Waals surface area contributed by atoms with E-state index < -0.39 is 0 Å². The molecule has 4 nitrogen and oxygen atoms in total. The van der Waals surface area contributed by atoms with Crippen molar-refractivity contribution in [2.24, 2.45) is 0 Å². The van der Waals surface area contributed by atoms with E-state index >= 15 is 0 Å². The quantitative estimate of drug-likeness (QED) is 0.153. The molecule has 0 aliphatic carbocycles. The number of rotatable bonds is 8. The summed E-state index contributed by atoms with van der Waals surface area (Å²) in [5.41, 5.74) is 18.7. The van der Waals surface area contributed by atoms with E-state index in [4.69, 9.17) is 9.97 Å². The predicted octanol–water partition coefficient (Wildman–Crippen LogP) is 16.7. The zero-order chi connectivity index (χ0) is 45.0. The van der Waals surface area contributed by atoms with Crippen LogP contribution < -0.4 is 0 Å². The van der Waals surface area contributed by atoms with Crippen LogP contribution in [-0.4, -0.2) is 19.1 Å². The smallest absolute Gasteiger partial charge is 0.160 e. The Kier molecular flexibility index (Phi) is 9.47. The highest BCUT2D eigenvalue weighted by Crippen LogP contribution is 2.40. The third kappa shape index (κ3) is 6.86. The van der Waals surface area contributed by atoms with E-state index in [0.29, 0.717) is 5.82 Å². The second-order valence-corrected chi connectivity index (χ2v) is 17.4. The van der Waals surface area contributed by atoms with E-state index in [9.17, 15) is 0 Å². The van der Waals surface area contributed by atoms with Crippen molar-refractivity contribution in [2.45, 2.75) is 0 Å². The van der Waals surface area contributed by atoms with Crippen LogP contribution in [0.25, 0.3) is 122 Å². The van der Waals surface area contributed by atoms with Gasteiger partial charge in [-0.1, -0.05) is 182 Å². The molecule has 4 heteroatoms. The normalized spacial score (nSPS) is 11.5. The van der Waals surface area contributed by atoms with Crippen molar-refractivity contribution in [3.05, 3.63) is 255 Å². The molecule has 68 heavy (non-hydrogen) atoms. The summed E-state index contributed by atoms with van der Waals surface area (Å²) in [5.74, 6) is 0.692. The van der Waals surface area contributed by atoms with Crippen LogP contribution in [0.2, 0.25) is 0 Å². The minimum Gasteiger partial charge on any atom is -0.309 e. The summed E-state index contributed by atoms with van der Waals surface area (Å²) in [6.07, 6.45) is 0. The van der Waals surface area contributed by atoms with E-state index in [1.54, 1.807) is 0 Å². The maximum absolute atomic E-state index is 5.11. The van der Waals surface area contributed by atoms with Crippen LogP contribution in [-0.2, 0) is 0 Å². The molecular formula is C64H42N4. The van der Waals surface area contributed by atoms with Crippen molar-refractivity contribution in [1.82, 2.24) is 19.1 Å². The van der Waals surface area contributed by atoms with Gasteiger partial charge in [-0.05, 0) is 106 Å². The lowest BCUT2D eigenvalue weighted by Gasteiger charge is -2.14. The highest BCUT2D eigenvalue weighted by atomic mass is 15.0. The molecular weight excluding hydrogens is 825 g/mol. The first-order valence-electron chi connectivity index (χ1n) is 23.1. The Morgan fingerprint density at radius 3 is 1.07 bits per heavy atom. The maximum Gasteiger partial charge on any atom is 0.160 e. The minimum atomic E-state index is 0.692. The zero-order valence-corrected chi connectivity index (χ0v) is 37.0. The zero-order valence-electron chi connectivity index (χ0n) is 37.0. The van der Waals surface area contributed by atoms with Crippen molar-refractivity contribution >= 4 is 43.6 Å². The lowest BCUT2D eigenvalue weighted by atomic mass is 9.98. The third-order valence-corrected chi connectivity index (χ3v) is 13.3. The van der Waals surface area contributed by atoms with Crippen LogP contribution in [0, 0.1) is 0 Å². The maximum atomic E-state index is 5.11. The van der Waals surface area contributed by atoms with Gasteiger partial charge in [0.2, 0.25) is 0 Å². The molecule has 0 aliphatic heterocycles. The van der Waals surface area contributed by atoms with Crippen LogP contribution in [0.1, 0.15) is 0 Å². The van der Waals surface area contributed by atoms with Crippen LogP contribution >= 0.6 is 0 Å². The lowest BCUT2D eigenvalue weighted by molar-refractivity contribution is 1.16. The first-order chi connectivity index (χ1) is 33.7. The molecule has 13 aromatic rings. The Bertz CT molecular complexity index is 3870. The van der Waals surface area contributed by atoms with Crippen molar-refractivity contribution < 1.29 is 0 Å². The second kappa shape index (κ2) is 16.4. The van der Waals surface area contributed by atoms with E-state index in [1.165, 1.54) is 49.3 Å². The number of nitrogens with zero attached hydrogens (tertiary/aromatic N) is 4. The molecule has 0 atom stereocenters. The topological polar surface area (TPSA) is 35.6 Å². The Balaban J connectivity index is 0.947. The SMILES string of the molecule is c1ccc(-c2cc(-c3ccccc3)cc(-n3c4ccccc4c4ccc(-c5ccc6c7ccccc7n(-c7ccc(-c8nc(-c9ccccc9)cc(-c9ccccc9)n8)cc7)c6c5)cc43)c2)cc1. The highest BCUT2D eigenvalue weighted by molar-refractivity contribution is 6.12. The molecule has 0 saturated heterocycles. The van der Waals surface area contributed by atoms with E-state index in [0.717, 1.165) is 67.1 Å². The number of fused-ring (bicyclic) bond motifs is 6. The van der Waals surface area contributed by atoms with E-state index in [2.05, 4.69) is 252 Å². The number of benzene rings is 10. The summed E-state index contributed by atoms with van der Waals surface area (Å²) in [6, 6.07) is 91.3. The number of para-hydroxylation sites is 2. The largest absolute Gasteiger partial charge is 0.309 e. The van der Waals surface area contributed by atoms with Gasteiger partial charge in [0, 0.05) is 49.6 Å². The Morgan fingerprint density at radius 1 is 0.221 bits per heavy atom. The first kappa shape index (κ1) is 39.3. The molecule has 0 aliphatic rings. The highest BCUT2D eigenvalue weighted by Gasteiger charge is 2.18. The van der Waals surface area contributed by atoms with Crippen molar-refractivity contribution in [1.29, 1.82) is 0 Å². The van der Waals surface area contributed by atoms with Crippen LogP contribution in [0.4, 0.5) is 0 Å². The summed E-state index contributed by atoms with van der Waals surface area (Å²) in [7, 11) is 0. The summed E-state index contributed by atoms with van der Waals surface area (Å²) < 4.78 is 4.84. The molecule has 0 amide bonds. The van der Waals surface area contributed by atoms with Crippen molar-refractivity contribution in [2.75, 3.05) is 0 Å². The predicted molar refractivity (Wildman–Crippen MR) is 283 cm³/mol. The summed E-state index contributed by atoms with van der Waals surface area (Å²) in [4.78, 5) is 10.2. The average molecular weight is 867 g/mol. The van der Waals surface area contributed by atoms with Gasteiger partial charge in [0.15, 0.2) is 5.82 Å². The molecule has 0 fully saturated rings. The standard InChI is InChI=1S/C64H42N4/c1-5-17-43(18-6-1)50-37-51(44-19-7-2-8-20-44)39-53(38-50)68-61-28-16-14-26-55(61)57-36-32-49(41-63(57)68)48-31-35-56-54-25-13-15-27-60(54)67(62(56)40-48)52-33-29-47(30-34-52)64-65-58(45-21-9-3-10-22-45)42-59(66-64)46-23-11-4-12-24-46/h1-42H. The fourth-order valence-corrected chi connectivity index (χ4v) is 10.0. The Labute approximate surface area is 394 Å². The lowest BCUT2D eigenvalue weighted by Crippen LogP contribution is -1.97. The number of hydrogen-bond donors (Lipinski definition) is 0. The van der Waals surface area contributed by atoms with Crippen molar-refractivity contribution in [3.63, 3.8) is 0 Å². The monoisotopic (exact) mass is 866 g/mol. The number of aromatic nitrogens is 4. The van der Waals surface area contributed by atoms with Crippen LogP contribution in [0.3, 0.4) is 0 Å². The number of hydrogen-bond acceptors (Lipinski definition) is 2. The van der Waals surface area contributed by atoms with E-state index in [-0.39, 0.29) is 0 Å². The van der Waals surface area contributed by atoms with Crippen LogP contribution in [0.15, 0.2) is 255 Å². The molecule has 3 aromatic heterocycles. The van der Waals surface area contributed by atoms with Gasteiger partial charge in [-0.15, -0.1) is 0 Å². The Hall–Kier alpha value is -9.12. The molecule has 13 rings (SSSR count). The molecule has 318 valence electrons. The summed E-state index contributed by atoms with van der Waals surface area (Å²) >= 11 is 0. The summed E-state index contributed by atoms with van der Waals surface area (Å²) in [5, 5.41) is 4.88. The van der Waals surface area contributed by atoms with E-state index in [1.807, 2.05) is 12.1 Å².